The number of rotatable bonds is 3. The monoisotopic (exact) mass is 228 g/mol. The molecule has 2 aromatic rings. The van der Waals surface area contributed by atoms with E-state index in [4.69, 9.17) is 0 Å². The van der Waals surface area contributed by atoms with Gasteiger partial charge in [-0.05, 0) is 49.0 Å². The number of hydrogen-bond acceptors (Lipinski definition) is 1. The standard InChI is InChI=1S/C15H15FN/c1-17(2)11-13-6-3-4-9-15(13)12-7-5-8-14(16)10-12/h3-5,7-10H,11H2,1-2H3. The predicted octanol–water partition coefficient (Wildman–Crippen LogP) is 3.35. The quantitative estimate of drug-likeness (QED) is 0.778. The van der Waals surface area contributed by atoms with Crippen LogP contribution in [0.1, 0.15) is 5.56 Å². The lowest BCUT2D eigenvalue weighted by molar-refractivity contribution is 0.403. The molecule has 0 aromatic heterocycles. The van der Waals surface area contributed by atoms with Crippen LogP contribution in [-0.4, -0.2) is 19.0 Å². The predicted molar refractivity (Wildman–Crippen MR) is 68.1 cm³/mol. The van der Waals surface area contributed by atoms with Crippen molar-refractivity contribution in [2.45, 2.75) is 6.54 Å². The summed E-state index contributed by atoms with van der Waals surface area (Å²) < 4.78 is 13.2. The van der Waals surface area contributed by atoms with Gasteiger partial charge in [0.2, 0.25) is 0 Å². The van der Waals surface area contributed by atoms with Crippen LogP contribution < -0.4 is 0 Å². The molecule has 87 valence electrons. The molecule has 1 radical (unpaired) electrons. The number of hydrogen-bond donors (Lipinski definition) is 0. The van der Waals surface area contributed by atoms with Gasteiger partial charge >= 0.3 is 0 Å². The Kier molecular flexibility index (Phi) is 3.55. The third-order valence-electron chi connectivity index (χ3n) is 2.55. The molecule has 0 atom stereocenters. The van der Waals surface area contributed by atoms with Crippen LogP contribution in [0.15, 0.2) is 42.5 Å². The summed E-state index contributed by atoms with van der Waals surface area (Å²) in [6.45, 7) is 0.798. The van der Waals surface area contributed by atoms with Crippen LogP contribution in [-0.2, 0) is 6.54 Å². The summed E-state index contributed by atoms with van der Waals surface area (Å²) in [6, 6.07) is 15.7. The molecule has 2 rings (SSSR count). The van der Waals surface area contributed by atoms with Crippen molar-refractivity contribution in [3.05, 3.63) is 59.9 Å². The van der Waals surface area contributed by atoms with E-state index in [2.05, 4.69) is 11.0 Å². The Morgan fingerprint density at radius 1 is 1.18 bits per heavy atom. The largest absolute Gasteiger partial charge is 0.305 e. The Bertz CT molecular complexity index is 506. The van der Waals surface area contributed by atoms with E-state index >= 15 is 0 Å². The number of halogens is 1. The highest BCUT2D eigenvalue weighted by Gasteiger charge is 2.06. The molecule has 0 bridgehead atoms. The molecule has 0 unspecified atom stereocenters. The van der Waals surface area contributed by atoms with Gasteiger partial charge in [-0.15, -0.1) is 0 Å². The van der Waals surface area contributed by atoms with Gasteiger partial charge in [0.25, 0.3) is 0 Å². The Balaban J connectivity index is 2.44. The zero-order valence-electron chi connectivity index (χ0n) is 10.1. The summed E-state index contributed by atoms with van der Waals surface area (Å²) in [5.74, 6) is -0.206. The molecule has 0 saturated heterocycles. The maximum Gasteiger partial charge on any atom is 0.123 e. The van der Waals surface area contributed by atoms with Gasteiger partial charge in [0.05, 0.1) is 0 Å². The molecule has 0 fully saturated rings. The first-order chi connectivity index (χ1) is 8.16. The molecule has 0 aliphatic carbocycles. The van der Waals surface area contributed by atoms with E-state index in [-0.39, 0.29) is 5.82 Å². The number of nitrogens with zero attached hydrogens (tertiary/aromatic N) is 1. The Hall–Kier alpha value is -1.67. The molecule has 2 heteroatoms. The molecule has 0 N–H and O–H groups in total. The van der Waals surface area contributed by atoms with Gasteiger partial charge in [-0.3, -0.25) is 0 Å². The van der Waals surface area contributed by atoms with Gasteiger partial charge in [0, 0.05) is 6.54 Å². The van der Waals surface area contributed by atoms with E-state index in [1.54, 1.807) is 12.1 Å². The fraction of sp³-hybridized carbons (Fsp3) is 0.200. The van der Waals surface area contributed by atoms with Gasteiger partial charge < -0.3 is 4.90 Å². The van der Waals surface area contributed by atoms with Gasteiger partial charge in [-0.25, -0.2) is 4.39 Å². The average Bonchev–Trinajstić information content (AvgIpc) is 2.29. The molecule has 2 aromatic carbocycles. The molecule has 17 heavy (non-hydrogen) atoms. The summed E-state index contributed by atoms with van der Waals surface area (Å²) in [7, 11) is 4.02. The topological polar surface area (TPSA) is 3.24 Å². The highest BCUT2D eigenvalue weighted by molar-refractivity contribution is 5.67. The minimum atomic E-state index is -0.206. The molecular weight excluding hydrogens is 213 g/mol. The van der Waals surface area contributed by atoms with E-state index in [1.807, 2.05) is 38.4 Å². The highest BCUT2D eigenvalue weighted by Crippen LogP contribution is 2.24. The Morgan fingerprint density at radius 3 is 2.71 bits per heavy atom. The van der Waals surface area contributed by atoms with Crippen molar-refractivity contribution in [1.29, 1.82) is 0 Å². The second-order valence-corrected chi connectivity index (χ2v) is 4.31. The zero-order chi connectivity index (χ0) is 12.3. The van der Waals surface area contributed by atoms with Crippen LogP contribution in [0.25, 0.3) is 11.1 Å². The Labute approximate surface area is 102 Å². The van der Waals surface area contributed by atoms with Gasteiger partial charge in [-0.2, -0.15) is 0 Å². The third kappa shape index (κ3) is 2.92. The van der Waals surface area contributed by atoms with E-state index < -0.39 is 0 Å². The lowest BCUT2D eigenvalue weighted by Crippen LogP contribution is -2.11. The summed E-state index contributed by atoms with van der Waals surface area (Å²) in [5, 5.41) is 0. The average molecular weight is 228 g/mol. The van der Waals surface area contributed by atoms with E-state index in [1.165, 1.54) is 6.07 Å². The van der Waals surface area contributed by atoms with E-state index in [0.717, 1.165) is 23.2 Å². The van der Waals surface area contributed by atoms with Crippen molar-refractivity contribution in [3.63, 3.8) is 0 Å². The van der Waals surface area contributed by atoms with Gasteiger partial charge in [-0.1, -0.05) is 30.3 Å². The molecule has 0 aliphatic rings. The first-order valence-corrected chi connectivity index (χ1v) is 5.57. The molecule has 0 spiro atoms. The van der Waals surface area contributed by atoms with Crippen LogP contribution in [0.2, 0.25) is 0 Å². The van der Waals surface area contributed by atoms with Crippen LogP contribution in [0.5, 0.6) is 0 Å². The maximum atomic E-state index is 13.2. The Morgan fingerprint density at radius 2 is 2.00 bits per heavy atom. The minimum absolute atomic E-state index is 0.206. The summed E-state index contributed by atoms with van der Waals surface area (Å²) in [4.78, 5) is 2.08. The van der Waals surface area contributed by atoms with Crippen LogP contribution in [0, 0.1) is 11.9 Å². The van der Waals surface area contributed by atoms with Crippen LogP contribution in [0.4, 0.5) is 4.39 Å². The van der Waals surface area contributed by atoms with Crippen molar-refractivity contribution in [2.24, 2.45) is 0 Å². The smallest absolute Gasteiger partial charge is 0.123 e. The van der Waals surface area contributed by atoms with E-state index in [9.17, 15) is 4.39 Å². The van der Waals surface area contributed by atoms with Crippen molar-refractivity contribution >= 4 is 0 Å². The fourth-order valence-corrected chi connectivity index (χ4v) is 1.84. The van der Waals surface area contributed by atoms with E-state index in [0.29, 0.717) is 0 Å². The zero-order valence-corrected chi connectivity index (χ0v) is 10.1. The summed E-state index contributed by atoms with van der Waals surface area (Å²) >= 11 is 0. The molecule has 0 aliphatic heterocycles. The normalized spacial score (nSPS) is 10.8. The second-order valence-electron chi connectivity index (χ2n) is 4.31. The van der Waals surface area contributed by atoms with Crippen molar-refractivity contribution in [2.75, 3.05) is 14.1 Å². The van der Waals surface area contributed by atoms with Crippen molar-refractivity contribution in [3.8, 4) is 11.1 Å². The molecule has 0 heterocycles. The fourth-order valence-electron chi connectivity index (χ4n) is 1.84. The SMILES string of the molecule is CN(C)Cc1[c]cccc1-c1cccc(F)c1. The lowest BCUT2D eigenvalue weighted by atomic mass is 9.99. The minimum Gasteiger partial charge on any atom is -0.305 e. The number of benzene rings is 2. The lowest BCUT2D eigenvalue weighted by Gasteiger charge is -2.13. The van der Waals surface area contributed by atoms with Crippen LogP contribution in [0.3, 0.4) is 0 Å². The third-order valence-corrected chi connectivity index (χ3v) is 2.55. The first-order valence-electron chi connectivity index (χ1n) is 5.57. The maximum absolute atomic E-state index is 13.2. The summed E-state index contributed by atoms with van der Waals surface area (Å²) in [6.07, 6.45) is 0. The first kappa shape index (κ1) is 11.8. The van der Waals surface area contributed by atoms with Crippen LogP contribution >= 0.6 is 0 Å². The van der Waals surface area contributed by atoms with Crippen molar-refractivity contribution < 1.29 is 4.39 Å². The van der Waals surface area contributed by atoms with Gasteiger partial charge in [0.1, 0.15) is 5.82 Å². The second kappa shape index (κ2) is 5.11. The molecule has 1 nitrogen and oxygen atoms in total. The highest BCUT2D eigenvalue weighted by atomic mass is 19.1. The van der Waals surface area contributed by atoms with Crippen molar-refractivity contribution in [1.82, 2.24) is 4.90 Å². The molecular formula is C15H15FN. The molecule has 0 amide bonds. The molecule has 0 saturated carbocycles. The summed E-state index contributed by atoms with van der Waals surface area (Å²) in [5.41, 5.74) is 3.03. The van der Waals surface area contributed by atoms with Gasteiger partial charge in [0.15, 0.2) is 0 Å².